The summed E-state index contributed by atoms with van der Waals surface area (Å²) in [6.45, 7) is 1.80. The number of nitrogens with one attached hydrogen (secondary N) is 1. The largest absolute Gasteiger partial charge is 0.465 e. The van der Waals surface area contributed by atoms with Crippen LogP contribution in [0.4, 0.5) is 5.00 Å². The maximum atomic E-state index is 12.1. The summed E-state index contributed by atoms with van der Waals surface area (Å²) in [4.78, 5) is 24.2. The van der Waals surface area contributed by atoms with E-state index in [0.29, 0.717) is 15.4 Å². The monoisotopic (exact) mass is 353 g/mol. The van der Waals surface area contributed by atoms with Gasteiger partial charge in [0.25, 0.3) is 5.91 Å². The lowest BCUT2D eigenvalue weighted by molar-refractivity contribution is 0.0605. The van der Waals surface area contributed by atoms with Gasteiger partial charge in [0.15, 0.2) is 0 Å². The standard InChI is InChI=1S/C14H12BrNO3S/c1-8-7-11(20-12(8)14(18)19-2)16-13(17)9-5-3-4-6-10(9)15/h3-7H,1-2H3,(H,16,17). The van der Waals surface area contributed by atoms with Crippen molar-refractivity contribution in [1.29, 1.82) is 0 Å². The minimum Gasteiger partial charge on any atom is -0.465 e. The predicted molar refractivity (Wildman–Crippen MR) is 82.5 cm³/mol. The van der Waals surface area contributed by atoms with Crippen molar-refractivity contribution in [3.8, 4) is 0 Å². The van der Waals surface area contributed by atoms with E-state index in [9.17, 15) is 9.59 Å². The van der Waals surface area contributed by atoms with Gasteiger partial charge >= 0.3 is 5.97 Å². The van der Waals surface area contributed by atoms with Crippen molar-refractivity contribution in [3.05, 3.63) is 50.8 Å². The SMILES string of the molecule is COC(=O)c1sc(NC(=O)c2ccccc2Br)cc1C. The number of carbonyl (C=O) groups excluding carboxylic acids is 2. The van der Waals surface area contributed by atoms with Crippen LogP contribution in [-0.4, -0.2) is 19.0 Å². The van der Waals surface area contributed by atoms with Gasteiger partial charge < -0.3 is 10.1 Å². The summed E-state index contributed by atoms with van der Waals surface area (Å²) >= 11 is 4.53. The lowest BCUT2D eigenvalue weighted by atomic mass is 10.2. The lowest BCUT2D eigenvalue weighted by Crippen LogP contribution is -2.11. The number of benzene rings is 1. The van der Waals surface area contributed by atoms with Crippen molar-refractivity contribution in [1.82, 2.24) is 0 Å². The summed E-state index contributed by atoms with van der Waals surface area (Å²) in [7, 11) is 1.33. The Balaban J connectivity index is 2.21. The number of anilines is 1. The minimum absolute atomic E-state index is 0.227. The molecule has 0 aliphatic rings. The van der Waals surface area contributed by atoms with E-state index in [1.54, 1.807) is 31.2 Å². The van der Waals surface area contributed by atoms with Crippen molar-refractivity contribution in [2.45, 2.75) is 6.92 Å². The fraction of sp³-hybridized carbons (Fsp3) is 0.143. The van der Waals surface area contributed by atoms with Gasteiger partial charge in [-0.2, -0.15) is 0 Å². The highest BCUT2D eigenvalue weighted by atomic mass is 79.9. The van der Waals surface area contributed by atoms with Crippen LogP contribution in [0.2, 0.25) is 0 Å². The molecule has 0 spiro atoms. The predicted octanol–water partition coefficient (Wildman–Crippen LogP) is 3.86. The fourth-order valence-corrected chi connectivity index (χ4v) is 3.11. The van der Waals surface area contributed by atoms with E-state index in [4.69, 9.17) is 4.74 Å². The molecule has 104 valence electrons. The molecule has 1 amide bonds. The Morgan fingerprint density at radius 2 is 2.00 bits per heavy atom. The molecule has 0 fully saturated rings. The van der Waals surface area contributed by atoms with Crippen LogP contribution in [0, 0.1) is 6.92 Å². The number of amides is 1. The van der Waals surface area contributed by atoms with Gasteiger partial charge in [-0.25, -0.2) is 4.79 Å². The normalized spacial score (nSPS) is 10.2. The van der Waals surface area contributed by atoms with Gasteiger partial charge in [0.2, 0.25) is 0 Å². The molecule has 0 radical (unpaired) electrons. The second-order valence-electron chi connectivity index (χ2n) is 4.05. The molecule has 0 aliphatic carbocycles. The van der Waals surface area contributed by atoms with Gasteiger partial charge in [0, 0.05) is 4.47 Å². The van der Waals surface area contributed by atoms with Gasteiger partial charge in [0.05, 0.1) is 17.7 Å². The zero-order valence-corrected chi connectivity index (χ0v) is 13.3. The zero-order valence-electron chi connectivity index (χ0n) is 10.9. The highest BCUT2D eigenvalue weighted by molar-refractivity contribution is 9.10. The van der Waals surface area contributed by atoms with Crippen LogP contribution in [0.3, 0.4) is 0 Å². The highest BCUT2D eigenvalue weighted by Crippen LogP contribution is 2.28. The Hall–Kier alpha value is -1.66. The molecule has 1 heterocycles. The number of halogens is 1. The molecule has 1 aromatic carbocycles. The van der Waals surface area contributed by atoms with Gasteiger partial charge in [-0.15, -0.1) is 11.3 Å². The quantitative estimate of drug-likeness (QED) is 0.852. The molecule has 20 heavy (non-hydrogen) atoms. The number of ether oxygens (including phenoxy) is 1. The third kappa shape index (κ3) is 3.08. The molecule has 0 saturated heterocycles. The van der Waals surface area contributed by atoms with Gasteiger partial charge in [0.1, 0.15) is 4.88 Å². The van der Waals surface area contributed by atoms with Crippen LogP contribution in [0.25, 0.3) is 0 Å². The molecule has 1 N–H and O–H groups in total. The van der Waals surface area contributed by atoms with Crippen LogP contribution >= 0.6 is 27.3 Å². The summed E-state index contributed by atoms with van der Waals surface area (Å²) < 4.78 is 5.41. The highest BCUT2D eigenvalue weighted by Gasteiger charge is 2.16. The molecule has 0 unspecified atom stereocenters. The Morgan fingerprint density at radius 1 is 1.30 bits per heavy atom. The molecule has 2 aromatic rings. The van der Waals surface area contributed by atoms with Gasteiger partial charge in [-0.1, -0.05) is 12.1 Å². The second-order valence-corrected chi connectivity index (χ2v) is 5.95. The Bertz CT molecular complexity index is 666. The fourth-order valence-electron chi connectivity index (χ4n) is 1.66. The van der Waals surface area contributed by atoms with Crippen molar-refractivity contribution in [2.24, 2.45) is 0 Å². The maximum absolute atomic E-state index is 12.1. The number of esters is 1. The van der Waals surface area contributed by atoms with E-state index in [0.717, 1.165) is 10.0 Å². The average Bonchev–Trinajstić information content (AvgIpc) is 2.79. The van der Waals surface area contributed by atoms with Gasteiger partial charge in [-0.3, -0.25) is 4.79 Å². The van der Waals surface area contributed by atoms with E-state index in [1.807, 2.05) is 6.07 Å². The number of hydrogen-bond acceptors (Lipinski definition) is 4. The number of aryl methyl sites for hydroxylation is 1. The molecule has 0 saturated carbocycles. The van der Waals surface area contributed by atoms with E-state index in [1.165, 1.54) is 18.4 Å². The van der Waals surface area contributed by atoms with Crippen molar-refractivity contribution >= 4 is 44.1 Å². The first kappa shape index (κ1) is 14.7. The first-order valence-corrected chi connectivity index (χ1v) is 7.38. The van der Waals surface area contributed by atoms with Crippen LogP contribution < -0.4 is 5.32 Å². The molecule has 1 aromatic heterocycles. The Kier molecular flexibility index (Phi) is 4.57. The second kappa shape index (κ2) is 6.19. The number of methoxy groups -OCH3 is 1. The molecule has 4 nitrogen and oxygen atoms in total. The van der Waals surface area contributed by atoms with Crippen LogP contribution in [-0.2, 0) is 4.74 Å². The molecular weight excluding hydrogens is 342 g/mol. The van der Waals surface area contributed by atoms with Gasteiger partial charge in [-0.05, 0) is 46.6 Å². The zero-order chi connectivity index (χ0) is 14.7. The first-order valence-electron chi connectivity index (χ1n) is 5.77. The van der Waals surface area contributed by atoms with Crippen molar-refractivity contribution < 1.29 is 14.3 Å². The summed E-state index contributed by atoms with van der Waals surface area (Å²) in [5.41, 5.74) is 1.32. The minimum atomic E-state index is -0.395. The summed E-state index contributed by atoms with van der Waals surface area (Å²) in [5, 5.41) is 3.40. The molecule has 0 aliphatic heterocycles. The molecule has 2 rings (SSSR count). The molecule has 6 heteroatoms. The number of thiophene rings is 1. The van der Waals surface area contributed by atoms with Crippen LogP contribution in [0.5, 0.6) is 0 Å². The molecule has 0 bridgehead atoms. The summed E-state index contributed by atoms with van der Waals surface area (Å²) in [6.07, 6.45) is 0. The molecule has 0 atom stereocenters. The van der Waals surface area contributed by atoms with Crippen LogP contribution in [0.15, 0.2) is 34.8 Å². The summed E-state index contributed by atoms with van der Waals surface area (Å²) in [6, 6.07) is 8.91. The van der Waals surface area contributed by atoms with E-state index in [2.05, 4.69) is 21.2 Å². The number of carbonyl (C=O) groups is 2. The lowest BCUT2D eigenvalue weighted by Gasteiger charge is -2.04. The van der Waals surface area contributed by atoms with Crippen molar-refractivity contribution in [3.63, 3.8) is 0 Å². The summed E-state index contributed by atoms with van der Waals surface area (Å²) in [5.74, 6) is -0.621. The Morgan fingerprint density at radius 3 is 2.65 bits per heavy atom. The van der Waals surface area contributed by atoms with E-state index >= 15 is 0 Å². The third-order valence-corrected chi connectivity index (χ3v) is 4.47. The van der Waals surface area contributed by atoms with Crippen LogP contribution in [0.1, 0.15) is 25.6 Å². The number of rotatable bonds is 3. The van der Waals surface area contributed by atoms with Crippen molar-refractivity contribution in [2.75, 3.05) is 12.4 Å². The first-order chi connectivity index (χ1) is 9.52. The topological polar surface area (TPSA) is 55.4 Å². The van der Waals surface area contributed by atoms with E-state index < -0.39 is 5.97 Å². The number of hydrogen-bond donors (Lipinski definition) is 1. The smallest absolute Gasteiger partial charge is 0.348 e. The third-order valence-electron chi connectivity index (χ3n) is 2.64. The molecular formula is C14H12BrNO3S. The maximum Gasteiger partial charge on any atom is 0.348 e. The van der Waals surface area contributed by atoms with E-state index in [-0.39, 0.29) is 5.91 Å². The Labute approximate surface area is 128 Å². The average molecular weight is 354 g/mol.